The number of aromatic nitrogens is 2. The maximum atomic E-state index is 16.2. The molecule has 0 bridgehead atoms. The Morgan fingerprint density at radius 2 is 1.70 bits per heavy atom. The number of allylic oxidation sites excluding steroid dienone is 3. The van der Waals surface area contributed by atoms with Crippen LogP contribution in [0.4, 0.5) is 4.39 Å². The largest absolute Gasteiger partial charge is 0.496 e. The van der Waals surface area contributed by atoms with E-state index in [9.17, 15) is 19.2 Å². The first-order valence-corrected chi connectivity index (χ1v) is 17.9. The molecular formula is C41H40FN5O6. The van der Waals surface area contributed by atoms with Crippen LogP contribution in [0.15, 0.2) is 70.3 Å². The topological polar surface area (TPSA) is 115 Å². The fourth-order valence-electron chi connectivity index (χ4n) is 8.62. The van der Waals surface area contributed by atoms with Crippen LogP contribution in [0, 0.1) is 5.82 Å². The minimum Gasteiger partial charge on any atom is -0.496 e. The molecule has 4 aromatic rings. The number of para-hydroxylation sites is 1. The molecule has 1 N–H and O–H groups in total. The highest BCUT2D eigenvalue weighted by molar-refractivity contribution is 6.01. The van der Waals surface area contributed by atoms with Crippen molar-refractivity contribution in [1.29, 1.82) is 0 Å². The van der Waals surface area contributed by atoms with Crippen molar-refractivity contribution < 1.29 is 28.2 Å². The number of nitrogens with zero attached hydrogens (tertiary/aromatic N) is 4. The Labute approximate surface area is 305 Å². The van der Waals surface area contributed by atoms with Gasteiger partial charge >= 0.3 is 5.69 Å². The predicted molar refractivity (Wildman–Crippen MR) is 197 cm³/mol. The van der Waals surface area contributed by atoms with Crippen molar-refractivity contribution >= 4 is 34.4 Å². The summed E-state index contributed by atoms with van der Waals surface area (Å²) in [5, 5.41) is 2.35. The van der Waals surface area contributed by atoms with Crippen molar-refractivity contribution in [3.05, 3.63) is 104 Å². The standard InChI is InChI=1S/C41H40FN5O6/c1-44-19-29(27-8-5-9-28(27)35(44)22-48)25-17-36(52-3)31(37(18-25)53-4)21-46-14-13-23-15-24(16-32(42)30(23)20-46)26-7-6-10-33-39(26)45(2)41(51)47(33)34-11-12-38(49)43-40(34)50/h6-7,10,15-19,34H,5,8-9,11-14,20-21H2,1-4H3,(H,43,49,50). The number of amides is 2. The summed E-state index contributed by atoms with van der Waals surface area (Å²) >= 11 is 0. The van der Waals surface area contributed by atoms with Crippen molar-refractivity contribution in [2.75, 3.05) is 27.8 Å². The molecule has 1 unspecified atom stereocenters. The van der Waals surface area contributed by atoms with E-state index < -0.39 is 11.9 Å². The minimum atomic E-state index is -0.809. The van der Waals surface area contributed by atoms with Gasteiger partial charge in [0.05, 0.1) is 30.8 Å². The third-order valence-electron chi connectivity index (χ3n) is 11.2. The Balaban J connectivity index is 1.09. The lowest BCUT2D eigenvalue weighted by atomic mass is 9.90. The van der Waals surface area contributed by atoms with Crippen LogP contribution in [-0.4, -0.2) is 64.5 Å². The van der Waals surface area contributed by atoms with E-state index in [1.54, 1.807) is 33.4 Å². The van der Waals surface area contributed by atoms with Crippen LogP contribution in [0.1, 0.15) is 60.4 Å². The molecular weight excluding hydrogens is 677 g/mol. The summed E-state index contributed by atoms with van der Waals surface area (Å²) in [4.78, 5) is 53.8. The Morgan fingerprint density at radius 1 is 0.943 bits per heavy atom. The average Bonchev–Trinajstić information content (AvgIpc) is 3.74. The molecule has 1 aromatic heterocycles. The number of methoxy groups -OCH3 is 2. The monoisotopic (exact) mass is 717 g/mol. The number of hydrogen-bond donors (Lipinski definition) is 1. The van der Waals surface area contributed by atoms with Gasteiger partial charge in [-0.25, -0.2) is 14.0 Å². The number of hydrogen-bond acceptors (Lipinski definition) is 8. The van der Waals surface area contributed by atoms with Crippen LogP contribution < -0.4 is 20.5 Å². The first kappa shape index (κ1) is 34.4. The number of benzene rings is 3. The van der Waals surface area contributed by atoms with Gasteiger partial charge in [0.2, 0.25) is 11.8 Å². The number of rotatable bonds is 7. The van der Waals surface area contributed by atoms with Crippen molar-refractivity contribution in [2.45, 2.75) is 57.7 Å². The molecule has 0 saturated carbocycles. The number of piperidine rings is 1. The van der Waals surface area contributed by atoms with Crippen LogP contribution >= 0.6 is 0 Å². The Bertz CT molecular complexity index is 2390. The molecule has 272 valence electrons. The highest BCUT2D eigenvalue weighted by Crippen LogP contribution is 2.45. The number of carbonyl (C=O) groups excluding carboxylic acids is 3. The van der Waals surface area contributed by atoms with E-state index in [0.29, 0.717) is 71.0 Å². The zero-order valence-electron chi connectivity index (χ0n) is 30.2. The molecule has 2 amide bonds. The van der Waals surface area contributed by atoms with Crippen LogP contribution in [-0.2, 0) is 40.9 Å². The molecule has 1 saturated heterocycles. The summed E-state index contributed by atoms with van der Waals surface area (Å²) in [6, 6.07) is 12.2. The van der Waals surface area contributed by atoms with Crippen LogP contribution in [0.5, 0.6) is 11.5 Å². The molecule has 1 atom stereocenters. The van der Waals surface area contributed by atoms with Gasteiger partial charge in [-0.1, -0.05) is 18.2 Å². The van der Waals surface area contributed by atoms with Gasteiger partial charge in [0, 0.05) is 63.1 Å². The molecule has 1 aliphatic carbocycles. The van der Waals surface area contributed by atoms with Gasteiger partial charge in [-0.05, 0) is 84.2 Å². The lowest BCUT2D eigenvalue weighted by Crippen LogP contribution is -2.44. The number of ether oxygens (including phenoxy) is 2. The maximum Gasteiger partial charge on any atom is 0.329 e. The number of carbonyl (C=O) groups is 2. The van der Waals surface area contributed by atoms with Crippen molar-refractivity contribution in [1.82, 2.24) is 24.3 Å². The Morgan fingerprint density at radius 3 is 2.42 bits per heavy atom. The van der Waals surface area contributed by atoms with Crippen LogP contribution in [0.3, 0.4) is 0 Å². The van der Waals surface area contributed by atoms with Crippen molar-refractivity contribution in [3.8, 4) is 22.6 Å². The molecule has 3 aromatic carbocycles. The number of halogens is 1. The van der Waals surface area contributed by atoms with E-state index in [1.807, 2.05) is 42.4 Å². The van der Waals surface area contributed by atoms with Crippen molar-refractivity contribution in [2.24, 2.45) is 7.05 Å². The molecule has 11 nitrogen and oxygen atoms in total. The van der Waals surface area contributed by atoms with Gasteiger partial charge in [0.25, 0.3) is 0 Å². The van der Waals surface area contributed by atoms with Crippen LogP contribution in [0.2, 0.25) is 0 Å². The highest BCUT2D eigenvalue weighted by Gasteiger charge is 2.33. The normalized spacial score (nSPS) is 18.9. The Hall–Kier alpha value is -5.71. The molecule has 3 aliphatic heterocycles. The second kappa shape index (κ2) is 13.4. The summed E-state index contributed by atoms with van der Waals surface area (Å²) in [6.07, 6.45) is 5.67. The summed E-state index contributed by atoms with van der Waals surface area (Å²) in [6.45, 7) is 1.54. The van der Waals surface area contributed by atoms with Crippen molar-refractivity contribution in [3.63, 3.8) is 0 Å². The molecule has 53 heavy (non-hydrogen) atoms. The first-order chi connectivity index (χ1) is 25.6. The summed E-state index contributed by atoms with van der Waals surface area (Å²) in [7, 11) is 6.79. The SMILES string of the molecule is COc1cc(C2=CN(C)C(=C=O)C3=C2CCC3)cc(OC)c1CN1CCc2cc(-c3cccc4c3n(C)c(=O)n4C3CCC(=O)NC3=O)cc(F)c2C1. The number of fused-ring (bicyclic) bond motifs is 2. The van der Waals surface area contributed by atoms with E-state index in [2.05, 4.69) is 16.2 Å². The predicted octanol–water partition coefficient (Wildman–Crippen LogP) is 5.18. The fourth-order valence-corrected chi connectivity index (χ4v) is 8.62. The van der Waals surface area contributed by atoms with Gasteiger partial charge in [-0.3, -0.25) is 28.9 Å². The quantitative estimate of drug-likeness (QED) is 0.206. The first-order valence-electron chi connectivity index (χ1n) is 17.9. The third kappa shape index (κ3) is 5.69. The number of nitrogens with one attached hydrogen (secondary N) is 1. The fraction of sp³-hybridized carbons (Fsp3) is 0.341. The molecule has 0 radical (unpaired) electrons. The van der Waals surface area contributed by atoms with E-state index in [1.165, 1.54) is 15.2 Å². The smallest absolute Gasteiger partial charge is 0.329 e. The highest BCUT2D eigenvalue weighted by atomic mass is 19.1. The molecule has 0 spiro atoms. The zero-order valence-corrected chi connectivity index (χ0v) is 30.2. The average molecular weight is 718 g/mol. The van der Waals surface area contributed by atoms with Gasteiger partial charge in [0.15, 0.2) is 5.94 Å². The number of aryl methyl sites for hydroxylation is 1. The summed E-state index contributed by atoms with van der Waals surface area (Å²) in [5.74, 6) is 2.27. The van der Waals surface area contributed by atoms with E-state index in [0.717, 1.165) is 52.7 Å². The lowest BCUT2D eigenvalue weighted by Gasteiger charge is -2.31. The van der Waals surface area contributed by atoms with E-state index >= 15 is 4.39 Å². The molecule has 1 fully saturated rings. The van der Waals surface area contributed by atoms with E-state index in [-0.39, 0.29) is 30.3 Å². The maximum absolute atomic E-state index is 16.2. The molecule has 4 heterocycles. The number of likely N-dealkylation sites (N-methyl/N-ethyl adjacent to an activating group) is 1. The Kier molecular flexibility index (Phi) is 8.67. The van der Waals surface area contributed by atoms with Crippen LogP contribution in [0.25, 0.3) is 27.7 Å². The minimum absolute atomic E-state index is 0.147. The second-order valence-electron chi connectivity index (χ2n) is 14.2. The van der Waals surface area contributed by atoms with E-state index in [4.69, 9.17) is 9.47 Å². The summed E-state index contributed by atoms with van der Waals surface area (Å²) in [5.41, 5.74) is 9.27. The lowest BCUT2D eigenvalue weighted by molar-refractivity contribution is -0.135. The van der Waals surface area contributed by atoms with Gasteiger partial charge in [0.1, 0.15) is 29.1 Å². The zero-order chi connectivity index (χ0) is 37.1. The molecule has 8 rings (SSSR count). The third-order valence-corrected chi connectivity index (χ3v) is 11.2. The number of imide groups is 1. The summed E-state index contributed by atoms with van der Waals surface area (Å²) < 4.78 is 31.0. The molecule has 12 heteroatoms. The second-order valence-corrected chi connectivity index (χ2v) is 14.2. The molecule has 4 aliphatic rings. The van der Waals surface area contributed by atoms with Gasteiger partial charge in [-0.15, -0.1) is 0 Å². The number of imidazole rings is 1. The van der Waals surface area contributed by atoms with Gasteiger partial charge in [-0.2, -0.15) is 0 Å². The van der Waals surface area contributed by atoms with Gasteiger partial charge < -0.3 is 14.4 Å².